The average Bonchev–Trinajstić information content (AvgIpc) is 2.31. The molecule has 15 heavy (non-hydrogen) atoms. The first kappa shape index (κ1) is 10.0. The molecular weight excluding hydrogens is 188 g/mol. The number of hydrogen-bond donors (Lipinski definition) is 1. The van der Waals surface area contributed by atoms with Crippen molar-refractivity contribution in [3.63, 3.8) is 0 Å². The van der Waals surface area contributed by atoms with Crippen molar-refractivity contribution in [2.45, 2.75) is 19.3 Å². The van der Waals surface area contributed by atoms with Crippen LogP contribution in [0.25, 0.3) is 0 Å². The van der Waals surface area contributed by atoms with Gasteiger partial charge < -0.3 is 10.2 Å². The Balaban J connectivity index is 2.20. The fraction of sp³-hybridized carbons (Fsp3) is 0.417. The van der Waals surface area contributed by atoms with Gasteiger partial charge in [0.1, 0.15) is 0 Å². The first-order valence-electron chi connectivity index (χ1n) is 5.46. The molecule has 1 fully saturated rings. The Bertz CT molecular complexity index is 332. The van der Waals surface area contributed by atoms with Gasteiger partial charge in [0.05, 0.1) is 11.4 Å². The van der Waals surface area contributed by atoms with E-state index in [1.807, 2.05) is 18.2 Å². The van der Waals surface area contributed by atoms with Gasteiger partial charge >= 0.3 is 0 Å². The van der Waals surface area contributed by atoms with E-state index < -0.39 is 0 Å². The summed E-state index contributed by atoms with van der Waals surface area (Å²) in [5.74, 6) is 0. The van der Waals surface area contributed by atoms with Crippen LogP contribution in [0, 0.1) is 0 Å². The molecule has 1 aromatic carbocycles. The highest BCUT2D eigenvalue weighted by atomic mass is 16.1. The maximum Gasteiger partial charge on any atom is 0.211 e. The molecule has 0 radical (unpaired) electrons. The topological polar surface area (TPSA) is 32.3 Å². The molecule has 1 heterocycles. The van der Waals surface area contributed by atoms with Gasteiger partial charge in [-0.1, -0.05) is 12.1 Å². The predicted octanol–water partition coefficient (Wildman–Crippen LogP) is 2.25. The van der Waals surface area contributed by atoms with Crippen LogP contribution in [-0.4, -0.2) is 19.5 Å². The summed E-state index contributed by atoms with van der Waals surface area (Å²) in [5, 5.41) is 2.75. The standard InChI is InChI=1S/C12H16N2O/c15-10-13-11-6-2-3-7-12(11)14-8-4-1-5-9-14/h2-3,6-7,10H,1,4-5,8-9H2,(H,13,15). The van der Waals surface area contributed by atoms with Gasteiger partial charge in [-0.3, -0.25) is 4.79 Å². The minimum absolute atomic E-state index is 0.739. The molecule has 2 rings (SSSR count). The Morgan fingerprint density at radius 1 is 1.13 bits per heavy atom. The number of piperidine rings is 1. The zero-order valence-corrected chi connectivity index (χ0v) is 8.78. The highest BCUT2D eigenvalue weighted by Crippen LogP contribution is 2.27. The largest absolute Gasteiger partial charge is 0.370 e. The van der Waals surface area contributed by atoms with Gasteiger partial charge in [-0.05, 0) is 31.4 Å². The van der Waals surface area contributed by atoms with E-state index in [9.17, 15) is 4.79 Å². The molecule has 0 aliphatic carbocycles. The van der Waals surface area contributed by atoms with Crippen molar-refractivity contribution in [1.29, 1.82) is 0 Å². The molecule has 1 N–H and O–H groups in total. The van der Waals surface area contributed by atoms with Crippen molar-refractivity contribution in [2.24, 2.45) is 0 Å². The molecule has 1 aromatic rings. The summed E-state index contributed by atoms with van der Waals surface area (Å²) in [7, 11) is 0. The lowest BCUT2D eigenvalue weighted by Crippen LogP contribution is -2.29. The Kier molecular flexibility index (Phi) is 3.22. The van der Waals surface area contributed by atoms with Crippen molar-refractivity contribution in [1.82, 2.24) is 0 Å². The van der Waals surface area contributed by atoms with Crippen LogP contribution in [-0.2, 0) is 4.79 Å². The SMILES string of the molecule is O=CNc1ccccc1N1CCCCC1. The van der Waals surface area contributed by atoms with Crippen molar-refractivity contribution in [3.8, 4) is 0 Å². The smallest absolute Gasteiger partial charge is 0.211 e. The van der Waals surface area contributed by atoms with E-state index in [4.69, 9.17) is 0 Å². The van der Waals surface area contributed by atoms with E-state index in [2.05, 4.69) is 16.3 Å². The second-order valence-electron chi connectivity index (χ2n) is 3.83. The number of benzene rings is 1. The molecule has 0 aromatic heterocycles. The molecule has 1 aliphatic heterocycles. The molecule has 0 unspecified atom stereocenters. The number of amides is 1. The Hall–Kier alpha value is -1.51. The lowest BCUT2D eigenvalue weighted by Gasteiger charge is -2.30. The number of anilines is 2. The normalized spacial score (nSPS) is 16.1. The number of rotatable bonds is 3. The Morgan fingerprint density at radius 3 is 2.60 bits per heavy atom. The van der Waals surface area contributed by atoms with Crippen molar-refractivity contribution < 1.29 is 4.79 Å². The molecule has 80 valence electrons. The van der Waals surface area contributed by atoms with Gasteiger partial charge in [-0.25, -0.2) is 0 Å². The van der Waals surface area contributed by atoms with Crippen LogP contribution in [0.1, 0.15) is 19.3 Å². The summed E-state index contributed by atoms with van der Waals surface area (Å²) in [4.78, 5) is 12.8. The van der Waals surface area contributed by atoms with Crippen LogP contribution in [0.5, 0.6) is 0 Å². The number of carbonyl (C=O) groups excluding carboxylic acids is 1. The average molecular weight is 204 g/mol. The summed E-state index contributed by atoms with van der Waals surface area (Å²) in [5.41, 5.74) is 2.05. The second kappa shape index (κ2) is 4.82. The maximum absolute atomic E-state index is 10.5. The molecule has 1 amide bonds. The zero-order valence-electron chi connectivity index (χ0n) is 8.78. The van der Waals surface area contributed by atoms with Crippen LogP contribution in [0.3, 0.4) is 0 Å². The third kappa shape index (κ3) is 2.29. The third-order valence-electron chi connectivity index (χ3n) is 2.82. The van der Waals surface area contributed by atoms with Crippen molar-refractivity contribution >= 4 is 17.8 Å². The number of nitrogens with one attached hydrogen (secondary N) is 1. The Labute approximate surface area is 90.1 Å². The second-order valence-corrected chi connectivity index (χ2v) is 3.83. The first-order chi connectivity index (χ1) is 7.42. The van der Waals surface area contributed by atoms with Crippen LogP contribution in [0.2, 0.25) is 0 Å². The van der Waals surface area contributed by atoms with E-state index in [0.717, 1.165) is 30.9 Å². The quantitative estimate of drug-likeness (QED) is 0.766. The van der Waals surface area contributed by atoms with Gasteiger partial charge in [0.15, 0.2) is 0 Å². The van der Waals surface area contributed by atoms with Gasteiger partial charge in [0.25, 0.3) is 0 Å². The first-order valence-corrected chi connectivity index (χ1v) is 5.46. The molecule has 0 bridgehead atoms. The summed E-state index contributed by atoms with van der Waals surface area (Å²) >= 11 is 0. The van der Waals surface area contributed by atoms with Gasteiger partial charge in [-0.2, -0.15) is 0 Å². The molecule has 0 atom stereocenters. The van der Waals surface area contributed by atoms with E-state index in [0.29, 0.717) is 0 Å². The van der Waals surface area contributed by atoms with E-state index in [1.54, 1.807) is 0 Å². The fourth-order valence-electron chi connectivity index (χ4n) is 2.07. The van der Waals surface area contributed by atoms with Crippen molar-refractivity contribution in [2.75, 3.05) is 23.3 Å². The van der Waals surface area contributed by atoms with Crippen LogP contribution in [0.4, 0.5) is 11.4 Å². The zero-order chi connectivity index (χ0) is 10.5. The monoisotopic (exact) mass is 204 g/mol. The summed E-state index contributed by atoms with van der Waals surface area (Å²) in [6, 6.07) is 7.97. The summed E-state index contributed by atoms with van der Waals surface area (Å²) in [6.45, 7) is 2.19. The fourth-order valence-corrected chi connectivity index (χ4v) is 2.07. The van der Waals surface area contributed by atoms with E-state index in [-0.39, 0.29) is 0 Å². The maximum atomic E-state index is 10.5. The number of carbonyl (C=O) groups is 1. The highest BCUT2D eigenvalue weighted by molar-refractivity contribution is 5.81. The van der Waals surface area contributed by atoms with Crippen LogP contribution < -0.4 is 10.2 Å². The molecule has 3 nitrogen and oxygen atoms in total. The van der Waals surface area contributed by atoms with Crippen LogP contribution in [0.15, 0.2) is 24.3 Å². The molecule has 1 aliphatic rings. The molecule has 3 heteroatoms. The van der Waals surface area contributed by atoms with Crippen molar-refractivity contribution in [3.05, 3.63) is 24.3 Å². The summed E-state index contributed by atoms with van der Waals surface area (Å²) < 4.78 is 0. The number of nitrogens with zero attached hydrogens (tertiary/aromatic N) is 1. The van der Waals surface area contributed by atoms with E-state index >= 15 is 0 Å². The lowest BCUT2D eigenvalue weighted by atomic mass is 10.1. The minimum Gasteiger partial charge on any atom is -0.370 e. The molecule has 0 spiro atoms. The van der Waals surface area contributed by atoms with Crippen LogP contribution >= 0.6 is 0 Å². The number of hydrogen-bond acceptors (Lipinski definition) is 2. The molecule has 0 saturated carbocycles. The highest BCUT2D eigenvalue weighted by Gasteiger charge is 2.13. The predicted molar refractivity (Wildman–Crippen MR) is 62.2 cm³/mol. The third-order valence-corrected chi connectivity index (χ3v) is 2.82. The molecule has 1 saturated heterocycles. The van der Waals surface area contributed by atoms with Gasteiger partial charge in [0.2, 0.25) is 6.41 Å². The number of para-hydroxylation sites is 2. The van der Waals surface area contributed by atoms with E-state index in [1.165, 1.54) is 19.3 Å². The summed E-state index contributed by atoms with van der Waals surface area (Å²) in [6.07, 6.45) is 4.55. The minimum atomic E-state index is 0.739. The van der Waals surface area contributed by atoms with Gasteiger partial charge in [-0.15, -0.1) is 0 Å². The lowest BCUT2D eigenvalue weighted by molar-refractivity contribution is -0.105. The molecular formula is C12H16N2O. The Morgan fingerprint density at radius 2 is 1.87 bits per heavy atom. The van der Waals surface area contributed by atoms with Gasteiger partial charge in [0, 0.05) is 13.1 Å².